The molecule has 0 aromatic heterocycles. The number of nitrogens with one attached hydrogen (secondary N) is 2. The molecule has 2 aromatic rings. The van der Waals surface area contributed by atoms with Crippen LogP contribution in [0, 0.1) is 6.92 Å². The number of carbonyl (C=O) groups excluding carboxylic acids is 2. The van der Waals surface area contributed by atoms with Crippen molar-refractivity contribution >= 4 is 11.8 Å². The maximum absolute atomic E-state index is 12.4. The number of aryl methyl sites for hydroxylation is 3. The summed E-state index contributed by atoms with van der Waals surface area (Å²) >= 11 is 0. The highest BCUT2D eigenvalue weighted by molar-refractivity contribution is 5.82. The maximum atomic E-state index is 12.4. The molecule has 0 unspecified atom stereocenters. The zero-order valence-electron chi connectivity index (χ0n) is 23.3. The van der Waals surface area contributed by atoms with Crippen LogP contribution in [0.15, 0.2) is 24.3 Å². The number of benzene rings is 2. The Kier molecular flexibility index (Phi) is 7.50. The molecule has 1 aliphatic heterocycles. The third kappa shape index (κ3) is 6.21. The highest BCUT2D eigenvalue weighted by atomic mass is 16.5. The van der Waals surface area contributed by atoms with Crippen molar-refractivity contribution in [2.75, 3.05) is 0 Å². The van der Waals surface area contributed by atoms with Crippen molar-refractivity contribution in [3.8, 4) is 11.5 Å². The zero-order chi connectivity index (χ0) is 27.1. The largest absolute Gasteiger partial charge is 0.507 e. The predicted octanol–water partition coefficient (Wildman–Crippen LogP) is 5.64. The highest BCUT2D eigenvalue weighted by Crippen LogP contribution is 2.49. The average molecular weight is 495 g/mol. The van der Waals surface area contributed by atoms with Gasteiger partial charge in [0.1, 0.15) is 17.1 Å². The lowest BCUT2D eigenvalue weighted by Crippen LogP contribution is -2.41. The minimum atomic E-state index is -0.314. The van der Waals surface area contributed by atoms with Crippen molar-refractivity contribution in [3.05, 3.63) is 57.6 Å². The Morgan fingerprint density at radius 1 is 0.833 bits per heavy atom. The first-order valence-electron chi connectivity index (χ1n) is 12.8. The van der Waals surface area contributed by atoms with Crippen LogP contribution in [0.4, 0.5) is 0 Å². The molecule has 0 fully saturated rings. The summed E-state index contributed by atoms with van der Waals surface area (Å²) < 4.78 is 6.03. The molecule has 6 nitrogen and oxygen atoms in total. The Morgan fingerprint density at radius 3 is 1.78 bits per heavy atom. The van der Waals surface area contributed by atoms with Crippen molar-refractivity contribution in [2.45, 2.75) is 104 Å². The average Bonchev–Trinajstić information content (AvgIpc) is 2.75. The molecule has 0 saturated carbocycles. The molecule has 0 spiro atoms. The van der Waals surface area contributed by atoms with Crippen LogP contribution in [0.5, 0.6) is 11.5 Å². The van der Waals surface area contributed by atoms with Crippen LogP contribution in [0.3, 0.4) is 0 Å². The summed E-state index contributed by atoms with van der Waals surface area (Å²) in [6, 6.07) is 8.13. The van der Waals surface area contributed by atoms with E-state index in [0.29, 0.717) is 18.6 Å². The second kappa shape index (κ2) is 9.79. The first-order valence-corrected chi connectivity index (χ1v) is 12.8. The fourth-order valence-corrected chi connectivity index (χ4v) is 4.56. The maximum Gasteiger partial charge on any atom is 0.238 e. The van der Waals surface area contributed by atoms with Crippen LogP contribution in [0.2, 0.25) is 0 Å². The smallest absolute Gasteiger partial charge is 0.238 e. The summed E-state index contributed by atoms with van der Waals surface area (Å²) in [5.41, 5.74) is 10.6. The summed E-state index contributed by atoms with van der Waals surface area (Å²) in [6.07, 6.45) is 1.62. The van der Waals surface area contributed by atoms with Gasteiger partial charge in [-0.15, -0.1) is 0 Å². The number of aromatic hydroxyl groups is 1. The summed E-state index contributed by atoms with van der Waals surface area (Å²) in [5.74, 6) is 0.795. The lowest BCUT2D eigenvalue weighted by molar-refractivity contribution is -0.128. The van der Waals surface area contributed by atoms with E-state index in [1.54, 1.807) is 0 Å². The third-order valence-corrected chi connectivity index (χ3v) is 6.75. The van der Waals surface area contributed by atoms with E-state index in [1.165, 1.54) is 5.56 Å². The van der Waals surface area contributed by atoms with Crippen LogP contribution in [-0.2, 0) is 38.9 Å². The number of hydrogen-bond donors (Lipinski definition) is 3. The van der Waals surface area contributed by atoms with Gasteiger partial charge < -0.3 is 9.84 Å². The van der Waals surface area contributed by atoms with E-state index < -0.39 is 0 Å². The van der Waals surface area contributed by atoms with Gasteiger partial charge in [0.25, 0.3) is 0 Å². The van der Waals surface area contributed by atoms with E-state index in [-0.39, 0.29) is 41.1 Å². The van der Waals surface area contributed by atoms with Gasteiger partial charge in [0, 0.05) is 24.0 Å². The quantitative estimate of drug-likeness (QED) is 0.454. The predicted molar refractivity (Wildman–Crippen MR) is 143 cm³/mol. The number of amides is 2. The van der Waals surface area contributed by atoms with Crippen LogP contribution in [0.25, 0.3) is 0 Å². The van der Waals surface area contributed by atoms with Crippen molar-refractivity contribution in [2.24, 2.45) is 0 Å². The molecule has 3 rings (SSSR count). The monoisotopic (exact) mass is 494 g/mol. The molecule has 2 amide bonds. The first-order chi connectivity index (χ1) is 16.5. The van der Waals surface area contributed by atoms with Crippen LogP contribution in [-0.4, -0.2) is 16.9 Å². The van der Waals surface area contributed by atoms with Crippen molar-refractivity contribution in [1.29, 1.82) is 0 Å². The minimum absolute atomic E-state index is 0.0590. The molecule has 196 valence electrons. The van der Waals surface area contributed by atoms with Crippen LogP contribution < -0.4 is 15.6 Å². The van der Waals surface area contributed by atoms with Crippen LogP contribution in [0.1, 0.15) is 102 Å². The molecule has 1 heterocycles. The van der Waals surface area contributed by atoms with Gasteiger partial charge in [-0.25, -0.2) is 0 Å². The topological polar surface area (TPSA) is 87.7 Å². The zero-order valence-corrected chi connectivity index (χ0v) is 23.3. The van der Waals surface area contributed by atoms with E-state index in [4.69, 9.17) is 4.74 Å². The van der Waals surface area contributed by atoms with Gasteiger partial charge in [-0.2, -0.15) is 0 Å². The number of rotatable bonds is 6. The van der Waals surface area contributed by atoms with Crippen molar-refractivity contribution < 1.29 is 19.4 Å². The van der Waals surface area contributed by atoms with E-state index >= 15 is 0 Å². The second-order valence-electron chi connectivity index (χ2n) is 12.5. The molecular weight excluding hydrogens is 452 g/mol. The molecule has 0 atom stereocenters. The number of phenols is 1. The molecule has 0 saturated heterocycles. The first kappa shape index (κ1) is 27.6. The molecule has 6 heteroatoms. The molecule has 0 radical (unpaired) electrons. The summed E-state index contributed by atoms with van der Waals surface area (Å²) in [7, 11) is 0. The fraction of sp³-hybridized carbons (Fsp3) is 0.533. The van der Waals surface area contributed by atoms with Gasteiger partial charge in [-0.3, -0.25) is 20.4 Å². The number of ether oxygens (including phenoxy) is 1. The van der Waals surface area contributed by atoms with Gasteiger partial charge in [0.2, 0.25) is 11.8 Å². The van der Waals surface area contributed by atoms with Gasteiger partial charge in [0.15, 0.2) is 0 Å². The lowest BCUT2D eigenvalue weighted by Gasteiger charge is -2.42. The number of phenolic OH excluding ortho intramolecular Hbond substituents is 1. The van der Waals surface area contributed by atoms with Gasteiger partial charge in [-0.05, 0) is 72.8 Å². The van der Waals surface area contributed by atoms with E-state index in [1.807, 2.05) is 39.8 Å². The second-order valence-corrected chi connectivity index (χ2v) is 12.5. The Labute approximate surface area is 215 Å². The fourth-order valence-electron chi connectivity index (χ4n) is 4.56. The number of fused-ring (bicyclic) bond motifs is 1. The summed E-state index contributed by atoms with van der Waals surface area (Å²) in [6.45, 7) is 18.6. The van der Waals surface area contributed by atoms with E-state index in [2.05, 4.69) is 57.6 Å². The van der Waals surface area contributed by atoms with Crippen molar-refractivity contribution in [1.82, 2.24) is 10.9 Å². The number of hydrazine groups is 1. The minimum Gasteiger partial charge on any atom is -0.507 e. The molecule has 3 N–H and O–H groups in total. The third-order valence-electron chi connectivity index (χ3n) is 6.75. The molecule has 0 aliphatic carbocycles. The molecule has 2 aromatic carbocycles. The Morgan fingerprint density at radius 2 is 1.31 bits per heavy atom. The Bertz CT molecular complexity index is 1170. The molecule has 36 heavy (non-hydrogen) atoms. The number of hydrogen-bond acceptors (Lipinski definition) is 4. The van der Waals surface area contributed by atoms with Crippen LogP contribution >= 0.6 is 0 Å². The normalized spacial score (nSPS) is 14.4. The summed E-state index contributed by atoms with van der Waals surface area (Å²) in [4.78, 5) is 24.8. The molecule has 0 bridgehead atoms. The number of carbonyl (C=O) groups is 2. The van der Waals surface area contributed by atoms with Gasteiger partial charge >= 0.3 is 0 Å². The van der Waals surface area contributed by atoms with E-state index in [0.717, 1.165) is 33.6 Å². The van der Waals surface area contributed by atoms with Gasteiger partial charge in [0.05, 0.1) is 0 Å². The molecule has 1 aliphatic rings. The van der Waals surface area contributed by atoms with E-state index in [9.17, 15) is 14.7 Å². The standard InChI is InChI=1S/C30H42N2O4/c1-18-14-19(15-21(26(18)35)28(2,3)4)10-12-24(33)31-32-25(34)13-11-20-16-22(29(5,6)7)27-23(17-20)30(8,9)36-27/h14-17,35H,10-13H2,1-9H3,(H,31,33)(H,32,34). The Hall–Kier alpha value is -3.02. The summed E-state index contributed by atoms with van der Waals surface area (Å²) in [5, 5.41) is 10.4. The highest BCUT2D eigenvalue weighted by Gasteiger charge is 2.40. The molecular formula is C30H42N2O4. The Balaban J connectivity index is 1.53. The van der Waals surface area contributed by atoms with Crippen molar-refractivity contribution in [3.63, 3.8) is 0 Å². The SMILES string of the molecule is Cc1cc(CCC(=O)NNC(=O)CCc2cc(C(C)(C)C)c3c(c2)C(C)(C)O3)cc(C(C)(C)C)c1O. The lowest BCUT2D eigenvalue weighted by atomic mass is 9.78. The van der Waals surface area contributed by atoms with Gasteiger partial charge in [-0.1, -0.05) is 59.7 Å².